The van der Waals surface area contributed by atoms with Crippen LogP contribution in [0.2, 0.25) is 0 Å². The van der Waals surface area contributed by atoms with Crippen molar-refractivity contribution < 1.29 is 9.90 Å². The number of nitrogens with one attached hydrogen (secondary N) is 2. The Kier molecular flexibility index (Phi) is 6.17. The van der Waals surface area contributed by atoms with Gasteiger partial charge in [-0.3, -0.25) is 4.68 Å². The van der Waals surface area contributed by atoms with E-state index in [1.807, 2.05) is 50.5 Å². The number of aliphatic hydroxyl groups excluding tert-OH is 1. The molecule has 0 bridgehead atoms. The molecule has 2 rings (SSSR count). The van der Waals surface area contributed by atoms with Crippen molar-refractivity contribution in [2.75, 3.05) is 13.2 Å². The van der Waals surface area contributed by atoms with Crippen LogP contribution in [0.5, 0.6) is 0 Å². The van der Waals surface area contributed by atoms with E-state index in [9.17, 15) is 9.90 Å². The van der Waals surface area contributed by atoms with Crippen molar-refractivity contribution in [2.24, 2.45) is 7.05 Å². The van der Waals surface area contributed by atoms with E-state index in [0.717, 1.165) is 11.1 Å². The smallest absolute Gasteiger partial charge is 0.315 e. The second kappa shape index (κ2) is 8.33. The Morgan fingerprint density at radius 3 is 2.65 bits per heavy atom. The number of aromatic nitrogens is 2. The van der Waals surface area contributed by atoms with Gasteiger partial charge in [-0.1, -0.05) is 30.3 Å². The van der Waals surface area contributed by atoms with Gasteiger partial charge in [0.05, 0.1) is 12.2 Å². The molecule has 0 radical (unpaired) electrons. The normalized spacial score (nSPS) is 13.3. The SMILES string of the molecule is CC(NC(=O)NCC(CCO)c1ccccc1)c1cnn(C)c1. The van der Waals surface area contributed by atoms with Crippen LogP contribution >= 0.6 is 0 Å². The highest BCUT2D eigenvalue weighted by atomic mass is 16.3. The zero-order valence-corrected chi connectivity index (χ0v) is 13.6. The van der Waals surface area contributed by atoms with Crippen LogP contribution in [0.1, 0.15) is 36.4 Å². The maximum atomic E-state index is 12.1. The molecule has 1 aromatic carbocycles. The van der Waals surface area contributed by atoms with Crippen molar-refractivity contribution in [2.45, 2.75) is 25.3 Å². The first kappa shape index (κ1) is 17.0. The Balaban J connectivity index is 1.86. The fraction of sp³-hybridized carbons (Fsp3) is 0.412. The van der Waals surface area contributed by atoms with Crippen molar-refractivity contribution in [1.29, 1.82) is 0 Å². The Hall–Kier alpha value is -2.34. The summed E-state index contributed by atoms with van der Waals surface area (Å²) in [5.41, 5.74) is 2.07. The predicted molar refractivity (Wildman–Crippen MR) is 89.0 cm³/mol. The van der Waals surface area contributed by atoms with Crippen molar-refractivity contribution in [1.82, 2.24) is 20.4 Å². The van der Waals surface area contributed by atoms with Gasteiger partial charge in [-0.2, -0.15) is 5.10 Å². The van der Waals surface area contributed by atoms with Crippen molar-refractivity contribution in [3.05, 3.63) is 53.9 Å². The minimum Gasteiger partial charge on any atom is -0.396 e. The second-order valence-electron chi connectivity index (χ2n) is 5.64. The zero-order valence-electron chi connectivity index (χ0n) is 13.6. The lowest BCUT2D eigenvalue weighted by Gasteiger charge is -2.19. The second-order valence-corrected chi connectivity index (χ2v) is 5.64. The molecule has 2 amide bonds. The number of benzene rings is 1. The number of aryl methyl sites for hydroxylation is 1. The summed E-state index contributed by atoms with van der Waals surface area (Å²) in [5.74, 6) is 0.0978. The minimum atomic E-state index is -0.222. The fourth-order valence-electron chi connectivity index (χ4n) is 2.48. The number of carbonyl (C=O) groups excluding carboxylic acids is 1. The third-order valence-corrected chi connectivity index (χ3v) is 3.83. The zero-order chi connectivity index (χ0) is 16.7. The predicted octanol–water partition coefficient (Wildman–Crippen LogP) is 1.95. The minimum absolute atomic E-state index is 0.0922. The summed E-state index contributed by atoms with van der Waals surface area (Å²) in [5, 5.41) is 19.1. The van der Waals surface area contributed by atoms with Crippen LogP contribution in [0, 0.1) is 0 Å². The Morgan fingerprint density at radius 1 is 1.30 bits per heavy atom. The maximum Gasteiger partial charge on any atom is 0.315 e. The molecule has 1 aromatic heterocycles. The molecule has 23 heavy (non-hydrogen) atoms. The number of hydrogen-bond acceptors (Lipinski definition) is 3. The molecule has 0 saturated heterocycles. The molecular formula is C17H24N4O2. The lowest BCUT2D eigenvalue weighted by Crippen LogP contribution is -2.39. The molecule has 6 nitrogen and oxygen atoms in total. The van der Waals surface area contributed by atoms with Crippen molar-refractivity contribution in [3.8, 4) is 0 Å². The number of rotatable bonds is 7. The largest absolute Gasteiger partial charge is 0.396 e. The highest BCUT2D eigenvalue weighted by Gasteiger charge is 2.14. The first-order valence-electron chi connectivity index (χ1n) is 7.79. The summed E-state index contributed by atoms with van der Waals surface area (Å²) in [6.07, 6.45) is 4.23. The van der Waals surface area contributed by atoms with Crippen LogP contribution in [-0.2, 0) is 7.05 Å². The van der Waals surface area contributed by atoms with E-state index in [2.05, 4.69) is 15.7 Å². The lowest BCUT2D eigenvalue weighted by atomic mass is 9.96. The van der Waals surface area contributed by atoms with E-state index < -0.39 is 0 Å². The van der Waals surface area contributed by atoms with Crippen LogP contribution in [0.3, 0.4) is 0 Å². The molecule has 1 heterocycles. The van der Waals surface area contributed by atoms with Gasteiger partial charge in [-0.25, -0.2) is 4.79 Å². The number of aliphatic hydroxyl groups is 1. The quantitative estimate of drug-likeness (QED) is 0.730. The third-order valence-electron chi connectivity index (χ3n) is 3.83. The maximum absolute atomic E-state index is 12.1. The highest BCUT2D eigenvalue weighted by Crippen LogP contribution is 2.18. The molecule has 0 saturated carbocycles. The Labute approximate surface area is 136 Å². The van der Waals surface area contributed by atoms with Crippen LogP contribution < -0.4 is 10.6 Å². The van der Waals surface area contributed by atoms with Gasteiger partial charge in [0, 0.05) is 37.9 Å². The average molecular weight is 316 g/mol. The summed E-state index contributed by atoms with van der Waals surface area (Å²) in [7, 11) is 1.84. The first-order chi connectivity index (χ1) is 11.1. The van der Waals surface area contributed by atoms with Crippen molar-refractivity contribution in [3.63, 3.8) is 0 Å². The van der Waals surface area contributed by atoms with Gasteiger partial charge in [0.2, 0.25) is 0 Å². The molecule has 0 aliphatic carbocycles. The number of carbonyl (C=O) groups is 1. The lowest BCUT2D eigenvalue weighted by molar-refractivity contribution is 0.234. The van der Waals surface area contributed by atoms with E-state index in [1.165, 1.54) is 0 Å². The van der Waals surface area contributed by atoms with E-state index >= 15 is 0 Å². The van der Waals surface area contributed by atoms with Gasteiger partial charge < -0.3 is 15.7 Å². The third kappa shape index (κ3) is 5.10. The van der Waals surface area contributed by atoms with Gasteiger partial charge in [-0.05, 0) is 18.9 Å². The van der Waals surface area contributed by atoms with Crippen LogP contribution in [0.25, 0.3) is 0 Å². The van der Waals surface area contributed by atoms with Gasteiger partial charge in [-0.15, -0.1) is 0 Å². The van der Waals surface area contributed by atoms with Gasteiger partial charge in [0.1, 0.15) is 0 Å². The fourth-order valence-corrected chi connectivity index (χ4v) is 2.48. The Bertz CT molecular complexity index is 612. The molecule has 6 heteroatoms. The molecular weight excluding hydrogens is 292 g/mol. The van der Waals surface area contributed by atoms with Crippen molar-refractivity contribution >= 4 is 6.03 Å². The molecule has 0 spiro atoms. The summed E-state index contributed by atoms with van der Waals surface area (Å²) >= 11 is 0. The first-order valence-corrected chi connectivity index (χ1v) is 7.79. The van der Waals surface area contributed by atoms with E-state index in [-0.39, 0.29) is 24.6 Å². The molecule has 124 valence electrons. The molecule has 2 atom stereocenters. The summed E-state index contributed by atoms with van der Waals surface area (Å²) < 4.78 is 1.71. The topological polar surface area (TPSA) is 79.2 Å². The standard InChI is InChI=1S/C17H24N4O2/c1-13(16-11-19-21(2)12-16)20-17(23)18-10-15(8-9-22)14-6-4-3-5-7-14/h3-7,11-13,15,22H,8-10H2,1-2H3,(H2,18,20,23). The molecule has 0 aliphatic rings. The van der Waals surface area contributed by atoms with Crippen LogP contribution in [-0.4, -0.2) is 34.1 Å². The van der Waals surface area contributed by atoms with E-state index in [4.69, 9.17) is 0 Å². The summed E-state index contributed by atoms with van der Waals surface area (Å²) in [4.78, 5) is 12.1. The van der Waals surface area contributed by atoms with Crippen LogP contribution in [0.15, 0.2) is 42.7 Å². The summed E-state index contributed by atoms with van der Waals surface area (Å²) in [6.45, 7) is 2.49. The summed E-state index contributed by atoms with van der Waals surface area (Å²) in [6, 6.07) is 9.57. The molecule has 2 aromatic rings. The average Bonchev–Trinajstić information content (AvgIpc) is 2.99. The number of urea groups is 1. The molecule has 0 fully saturated rings. The van der Waals surface area contributed by atoms with Gasteiger partial charge >= 0.3 is 6.03 Å². The Morgan fingerprint density at radius 2 is 2.04 bits per heavy atom. The van der Waals surface area contributed by atoms with Gasteiger partial charge in [0.15, 0.2) is 0 Å². The number of hydrogen-bond donors (Lipinski definition) is 3. The molecule has 3 N–H and O–H groups in total. The van der Waals surface area contributed by atoms with Gasteiger partial charge in [0.25, 0.3) is 0 Å². The van der Waals surface area contributed by atoms with E-state index in [0.29, 0.717) is 13.0 Å². The number of amides is 2. The molecule has 0 aliphatic heterocycles. The van der Waals surface area contributed by atoms with E-state index in [1.54, 1.807) is 10.9 Å². The monoisotopic (exact) mass is 316 g/mol. The molecule has 2 unspecified atom stereocenters. The highest BCUT2D eigenvalue weighted by molar-refractivity contribution is 5.74. The number of nitrogens with zero attached hydrogens (tertiary/aromatic N) is 2. The van der Waals surface area contributed by atoms with Crippen LogP contribution in [0.4, 0.5) is 4.79 Å².